The Labute approximate surface area is 112 Å². The molecule has 3 rings (SSSR count). The average molecular weight is 277 g/mol. The number of nitrogen functional groups attached to an aromatic ring is 1. The second-order valence-electron chi connectivity index (χ2n) is 3.88. The maximum Gasteiger partial charge on any atom is 0.342 e. The minimum absolute atomic E-state index is 0.231. The SMILES string of the molecule is Cc1cc2c(Oc3ncn(C)n3)nc(NN)nc2s1. The fourth-order valence-corrected chi connectivity index (χ4v) is 2.48. The molecule has 19 heavy (non-hydrogen) atoms. The van der Waals surface area contributed by atoms with Crippen LogP contribution in [0.1, 0.15) is 4.88 Å². The number of nitrogens with two attached hydrogens (primary N) is 1. The second kappa shape index (κ2) is 4.44. The van der Waals surface area contributed by atoms with Gasteiger partial charge in [0, 0.05) is 11.9 Å². The number of aryl methyl sites for hydroxylation is 2. The molecule has 3 aromatic heterocycles. The van der Waals surface area contributed by atoms with Gasteiger partial charge in [-0.3, -0.25) is 10.1 Å². The number of aromatic nitrogens is 5. The Morgan fingerprint density at radius 3 is 2.95 bits per heavy atom. The Hall–Kier alpha value is -2.26. The zero-order chi connectivity index (χ0) is 13.4. The third-order valence-corrected chi connectivity index (χ3v) is 3.32. The molecule has 9 heteroatoms. The van der Waals surface area contributed by atoms with E-state index >= 15 is 0 Å². The molecule has 0 spiro atoms. The van der Waals surface area contributed by atoms with E-state index in [0.29, 0.717) is 11.8 Å². The quantitative estimate of drug-likeness (QED) is 0.547. The third-order valence-electron chi connectivity index (χ3n) is 2.38. The summed E-state index contributed by atoms with van der Waals surface area (Å²) < 4.78 is 7.14. The van der Waals surface area contributed by atoms with Gasteiger partial charge in [0.2, 0.25) is 11.8 Å². The first-order valence-corrected chi connectivity index (χ1v) is 6.25. The van der Waals surface area contributed by atoms with E-state index in [2.05, 4.69) is 25.5 Å². The number of rotatable bonds is 3. The van der Waals surface area contributed by atoms with Crippen LogP contribution in [0.3, 0.4) is 0 Å². The van der Waals surface area contributed by atoms with Gasteiger partial charge in [-0.25, -0.2) is 10.8 Å². The number of hydrazine groups is 1. The van der Waals surface area contributed by atoms with Crippen LogP contribution in [-0.2, 0) is 7.05 Å². The van der Waals surface area contributed by atoms with E-state index in [4.69, 9.17) is 10.6 Å². The van der Waals surface area contributed by atoms with Gasteiger partial charge < -0.3 is 4.74 Å². The van der Waals surface area contributed by atoms with Crippen LogP contribution in [0.25, 0.3) is 10.2 Å². The number of nitrogens with zero attached hydrogens (tertiary/aromatic N) is 5. The van der Waals surface area contributed by atoms with Gasteiger partial charge in [-0.15, -0.1) is 16.4 Å². The van der Waals surface area contributed by atoms with Crippen LogP contribution in [0.15, 0.2) is 12.4 Å². The smallest absolute Gasteiger partial charge is 0.342 e. The molecule has 0 amide bonds. The van der Waals surface area contributed by atoms with E-state index in [1.165, 1.54) is 11.3 Å². The van der Waals surface area contributed by atoms with Crippen molar-refractivity contribution in [3.05, 3.63) is 17.3 Å². The zero-order valence-electron chi connectivity index (χ0n) is 10.3. The number of fused-ring (bicyclic) bond motifs is 1. The van der Waals surface area contributed by atoms with Crippen LogP contribution >= 0.6 is 11.3 Å². The first-order chi connectivity index (χ1) is 9.15. The highest BCUT2D eigenvalue weighted by Gasteiger charge is 2.13. The van der Waals surface area contributed by atoms with Gasteiger partial charge in [-0.1, -0.05) is 0 Å². The predicted molar refractivity (Wildman–Crippen MR) is 71.0 cm³/mol. The van der Waals surface area contributed by atoms with Crippen molar-refractivity contribution in [2.24, 2.45) is 12.9 Å². The Morgan fingerprint density at radius 1 is 1.42 bits per heavy atom. The van der Waals surface area contributed by atoms with Crippen LogP contribution in [-0.4, -0.2) is 24.7 Å². The number of ether oxygens (including phenoxy) is 1. The van der Waals surface area contributed by atoms with Crippen molar-refractivity contribution >= 4 is 27.5 Å². The summed E-state index contributed by atoms with van der Waals surface area (Å²) in [6.45, 7) is 1.99. The summed E-state index contributed by atoms with van der Waals surface area (Å²) >= 11 is 1.54. The fraction of sp³-hybridized carbons (Fsp3) is 0.200. The Morgan fingerprint density at radius 2 is 2.26 bits per heavy atom. The van der Waals surface area contributed by atoms with Crippen molar-refractivity contribution in [2.45, 2.75) is 6.92 Å². The number of anilines is 1. The second-order valence-corrected chi connectivity index (χ2v) is 5.11. The maximum atomic E-state index is 5.59. The first-order valence-electron chi connectivity index (χ1n) is 5.44. The van der Waals surface area contributed by atoms with Crippen molar-refractivity contribution < 1.29 is 4.74 Å². The molecular weight excluding hydrogens is 266 g/mol. The van der Waals surface area contributed by atoms with Gasteiger partial charge in [0.25, 0.3) is 0 Å². The summed E-state index contributed by atoms with van der Waals surface area (Å²) in [7, 11) is 1.76. The molecule has 3 N–H and O–H groups in total. The summed E-state index contributed by atoms with van der Waals surface area (Å²) in [5.74, 6) is 6.03. The normalized spacial score (nSPS) is 10.9. The maximum absolute atomic E-state index is 5.59. The molecule has 98 valence electrons. The molecular formula is C10H11N7OS. The number of thiophene rings is 1. The number of nitrogens with one attached hydrogen (secondary N) is 1. The lowest BCUT2D eigenvalue weighted by molar-refractivity contribution is 0.428. The van der Waals surface area contributed by atoms with Crippen molar-refractivity contribution in [3.8, 4) is 11.9 Å². The van der Waals surface area contributed by atoms with Crippen molar-refractivity contribution in [1.29, 1.82) is 0 Å². The van der Waals surface area contributed by atoms with Gasteiger partial charge in [0.1, 0.15) is 11.2 Å². The number of hydrogen-bond donors (Lipinski definition) is 2. The molecule has 0 aliphatic heterocycles. The summed E-state index contributed by atoms with van der Waals surface area (Å²) in [5.41, 5.74) is 2.42. The molecule has 3 aromatic rings. The minimum atomic E-state index is 0.231. The van der Waals surface area contributed by atoms with Crippen LogP contribution in [0.5, 0.6) is 11.9 Å². The molecule has 0 atom stereocenters. The van der Waals surface area contributed by atoms with Crippen LogP contribution in [0, 0.1) is 6.92 Å². The molecule has 0 aliphatic rings. The predicted octanol–water partition coefficient (Wildman–Crippen LogP) is 1.21. The first kappa shape index (κ1) is 11.8. The van der Waals surface area contributed by atoms with E-state index in [0.717, 1.165) is 15.1 Å². The highest BCUT2D eigenvalue weighted by Crippen LogP contribution is 2.32. The van der Waals surface area contributed by atoms with Gasteiger partial charge in [-0.2, -0.15) is 9.97 Å². The third kappa shape index (κ3) is 2.20. The molecule has 0 aromatic carbocycles. The highest BCUT2D eigenvalue weighted by molar-refractivity contribution is 7.18. The lowest BCUT2D eigenvalue weighted by Crippen LogP contribution is -2.10. The van der Waals surface area contributed by atoms with Gasteiger partial charge >= 0.3 is 6.01 Å². The van der Waals surface area contributed by atoms with E-state index < -0.39 is 0 Å². The van der Waals surface area contributed by atoms with Gasteiger partial charge in [0.05, 0.1) is 5.39 Å². The van der Waals surface area contributed by atoms with Gasteiger partial charge in [-0.05, 0) is 13.0 Å². The molecule has 0 saturated heterocycles. The topological polar surface area (TPSA) is 104 Å². The molecule has 8 nitrogen and oxygen atoms in total. The summed E-state index contributed by atoms with van der Waals surface area (Å²) in [5, 5.41) is 4.86. The Bertz CT molecular complexity index is 735. The highest BCUT2D eigenvalue weighted by atomic mass is 32.1. The van der Waals surface area contributed by atoms with E-state index in [9.17, 15) is 0 Å². The minimum Gasteiger partial charge on any atom is -0.403 e. The fourth-order valence-electron chi connectivity index (χ4n) is 1.61. The summed E-state index contributed by atoms with van der Waals surface area (Å²) in [4.78, 5) is 14.4. The van der Waals surface area contributed by atoms with Crippen LogP contribution in [0.4, 0.5) is 5.95 Å². The molecule has 0 saturated carbocycles. The van der Waals surface area contributed by atoms with Crippen molar-refractivity contribution in [2.75, 3.05) is 5.43 Å². The van der Waals surface area contributed by atoms with Crippen molar-refractivity contribution in [3.63, 3.8) is 0 Å². The standard InChI is InChI=1S/C10H11N7OS/c1-5-3-6-7(18-10-12-4-17(2)16-10)13-9(15-11)14-8(6)19-5/h3-4H,11H2,1-2H3,(H,13,14,15). The molecule has 3 heterocycles. The molecule has 0 unspecified atom stereocenters. The number of hydrogen-bond acceptors (Lipinski definition) is 8. The van der Waals surface area contributed by atoms with Crippen LogP contribution < -0.4 is 16.0 Å². The zero-order valence-corrected chi connectivity index (χ0v) is 11.1. The molecule has 0 radical (unpaired) electrons. The average Bonchev–Trinajstić information content (AvgIpc) is 2.94. The van der Waals surface area contributed by atoms with E-state index in [1.807, 2.05) is 13.0 Å². The lowest BCUT2D eigenvalue weighted by atomic mass is 10.3. The largest absolute Gasteiger partial charge is 0.403 e. The molecule has 0 aliphatic carbocycles. The molecule has 0 bridgehead atoms. The lowest BCUT2D eigenvalue weighted by Gasteiger charge is -2.04. The monoisotopic (exact) mass is 277 g/mol. The molecule has 0 fully saturated rings. The van der Waals surface area contributed by atoms with E-state index in [-0.39, 0.29) is 6.01 Å². The van der Waals surface area contributed by atoms with E-state index in [1.54, 1.807) is 18.1 Å². The Balaban J connectivity index is 2.09. The Kier molecular flexibility index (Phi) is 2.76. The van der Waals surface area contributed by atoms with Crippen LogP contribution in [0.2, 0.25) is 0 Å². The summed E-state index contributed by atoms with van der Waals surface area (Å²) in [6.07, 6.45) is 1.55. The van der Waals surface area contributed by atoms with Crippen molar-refractivity contribution in [1.82, 2.24) is 24.7 Å². The summed E-state index contributed by atoms with van der Waals surface area (Å²) in [6, 6.07) is 2.19. The van der Waals surface area contributed by atoms with Gasteiger partial charge in [0.15, 0.2) is 0 Å².